The van der Waals surface area contributed by atoms with Crippen molar-refractivity contribution in [1.82, 2.24) is 9.97 Å². The number of nitrogens with zero attached hydrogens (tertiary/aromatic N) is 3. The summed E-state index contributed by atoms with van der Waals surface area (Å²) >= 11 is 0. The Hall–Kier alpha value is -1.96. The van der Waals surface area contributed by atoms with Crippen LogP contribution in [0.2, 0.25) is 0 Å². The molecule has 0 spiro atoms. The predicted octanol–water partition coefficient (Wildman–Crippen LogP) is 1.32. The molecular formula is C11H19N5O3. The van der Waals surface area contributed by atoms with E-state index in [0.29, 0.717) is 6.54 Å². The van der Waals surface area contributed by atoms with E-state index in [1.807, 2.05) is 13.8 Å². The second-order valence-corrected chi connectivity index (χ2v) is 4.15. The van der Waals surface area contributed by atoms with Gasteiger partial charge in [-0.1, -0.05) is 13.8 Å². The average molecular weight is 269 g/mol. The number of hydrogen-bond acceptors (Lipinski definition) is 7. The molecule has 0 atom stereocenters. The molecule has 0 unspecified atom stereocenters. The third-order valence-electron chi connectivity index (χ3n) is 3.29. The summed E-state index contributed by atoms with van der Waals surface area (Å²) in [5, 5.41) is 14.2. The van der Waals surface area contributed by atoms with E-state index < -0.39 is 10.5 Å². The van der Waals surface area contributed by atoms with Crippen LogP contribution in [-0.2, 0) is 0 Å². The molecule has 19 heavy (non-hydrogen) atoms. The number of anilines is 1. The van der Waals surface area contributed by atoms with Gasteiger partial charge in [-0.25, -0.2) is 4.98 Å². The second-order valence-electron chi connectivity index (χ2n) is 4.15. The monoisotopic (exact) mass is 269 g/mol. The molecule has 0 saturated carbocycles. The standard InChI is InChI=1S/C11H19N5O3/c1-4-11(5-2,6-12)15-9-8(16(17)18)10(19-3)14-7-13-9/h7H,4-6,12H2,1-3H3,(H,13,14,15). The van der Waals surface area contributed by atoms with Gasteiger partial charge in [0.1, 0.15) is 6.33 Å². The minimum Gasteiger partial charge on any atom is -0.476 e. The molecule has 0 aromatic carbocycles. The van der Waals surface area contributed by atoms with Crippen molar-refractivity contribution in [3.05, 3.63) is 16.4 Å². The Labute approximate surface area is 111 Å². The number of nitrogens with one attached hydrogen (secondary N) is 1. The summed E-state index contributed by atoms with van der Waals surface area (Å²) in [6, 6.07) is 0. The van der Waals surface area contributed by atoms with Gasteiger partial charge in [-0.2, -0.15) is 4.98 Å². The molecule has 8 nitrogen and oxygen atoms in total. The maximum Gasteiger partial charge on any atom is 0.372 e. The molecule has 1 rings (SSSR count). The van der Waals surface area contributed by atoms with Gasteiger partial charge in [0.15, 0.2) is 0 Å². The zero-order valence-corrected chi connectivity index (χ0v) is 11.3. The van der Waals surface area contributed by atoms with Crippen LogP contribution >= 0.6 is 0 Å². The van der Waals surface area contributed by atoms with E-state index >= 15 is 0 Å². The van der Waals surface area contributed by atoms with Crippen molar-refractivity contribution in [2.75, 3.05) is 19.0 Å². The van der Waals surface area contributed by atoms with E-state index in [-0.39, 0.29) is 17.4 Å². The molecule has 106 valence electrons. The highest BCUT2D eigenvalue weighted by atomic mass is 16.6. The molecule has 1 aromatic heterocycles. The first kappa shape index (κ1) is 15.1. The normalized spacial score (nSPS) is 11.2. The smallest absolute Gasteiger partial charge is 0.372 e. The van der Waals surface area contributed by atoms with Gasteiger partial charge in [-0.05, 0) is 12.8 Å². The van der Waals surface area contributed by atoms with Gasteiger partial charge in [0.25, 0.3) is 5.88 Å². The molecular weight excluding hydrogens is 250 g/mol. The number of rotatable bonds is 7. The van der Waals surface area contributed by atoms with Gasteiger partial charge in [0.2, 0.25) is 5.82 Å². The van der Waals surface area contributed by atoms with Gasteiger partial charge in [0.05, 0.1) is 17.6 Å². The fourth-order valence-electron chi connectivity index (χ4n) is 1.79. The largest absolute Gasteiger partial charge is 0.476 e. The summed E-state index contributed by atoms with van der Waals surface area (Å²) in [5.74, 6) is 0.0617. The van der Waals surface area contributed by atoms with Crippen LogP contribution in [0.3, 0.4) is 0 Å². The topological polar surface area (TPSA) is 116 Å². The molecule has 0 radical (unpaired) electrons. The van der Waals surface area contributed by atoms with Crippen LogP contribution in [0.5, 0.6) is 5.88 Å². The predicted molar refractivity (Wildman–Crippen MR) is 71.2 cm³/mol. The minimum absolute atomic E-state index is 0.0689. The third-order valence-corrected chi connectivity index (χ3v) is 3.29. The second kappa shape index (κ2) is 6.28. The molecule has 0 aliphatic heterocycles. The lowest BCUT2D eigenvalue weighted by molar-refractivity contribution is -0.385. The number of methoxy groups -OCH3 is 1. The maximum atomic E-state index is 11.1. The molecule has 0 fully saturated rings. The van der Waals surface area contributed by atoms with Gasteiger partial charge in [-0.3, -0.25) is 10.1 Å². The Kier molecular flexibility index (Phi) is 4.99. The van der Waals surface area contributed by atoms with Crippen LogP contribution in [0.4, 0.5) is 11.5 Å². The molecule has 0 aliphatic rings. The van der Waals surface area contributed by atoms with Crippen LogP contribution in [0.15, 0.2) is 6.33 Å². The SMILES string of the molecule is CCC(CC)(CN)Nc1ncnc(OC)c1[N+](=O)[O-]. The van der Waals surface area contributed by atoms with Gasteiger partial charge in [0, 0.05) is 6.54 Å². The van der Waals surface area contributed by atoms with E-state index in [0.717, 1.165) is 12.8 Å². The summed E-state index contributed by atoms with van der Waals surface area (Å²) in [5.41, 5.74) is 5.07. The lowest BCUT2D eigenvalue weighted by Gasteiger charge is -2.31. The van der Waals surface area contributed by atoms with Gasteiger partial charge in [-0.15, -0.1) is 0 Å². The van der Waals surface area contributed by atoms with Crippen molar-refractivity contribution in [3.63, 3.8) is 0 Å². The molecule has 8 heteroatoms. The van der Waals surface area contributed by atoms with E-state index in [9.17, 15) is 10.1 Å². The zero-order chi connectivity index (χ0) is 14.5. The van der Waals surface area contributed by atoms with E-state index in [1.165, 1.54) is 13.4 Å². The first-order chi connectivity index (χ1) is 9.03. The lowest BCUT2D eigenvalue weighted by atomic mass is 9.93. The Bertz CT molecular complexity index is 440. The fraction of sp³-hybridized carbons (Fsp3) is 0.636. The Morgan fingerprint density at radius 2 is 2.11 bits per heavy atom. The van der Waals surface area contributed by atoms with E-state index in [1.54, 1.807) is 0 Å². The molecule has 0 amide bonds. The van der Waals surface area contributed by atoms with Crippen molar-refractivity contribution >= 4 is 11.5 Å². The summed E-state index contributed by atoms with van der Waals surface area (Å²) in [6.45, 7) is 4.28. The van der Waals surface area contributed by atoms with Crippen molar-refractivity contribution < 1.29 is 9.66 Å². The summed E-state index contributed by atoms with van der Waals surface area (Å²) in [4.78, 5) is 18.2. The molecule has 1 heterocycles. The maximum absolute atomic E-state index is 11.1. The van der Waals surface area contributed by atoms with Gasteiger partial charge >= 0.3 is 5.69 Å². The van der Waals surface area contributed by atoms with E-state index in [2.05, 4.69) is 15.3 Å². The molecule has 0 bridgehead atoms. The van der Waals surface area contributed by atoms with Crippen molar-refractivity contribution in [2.24, 2.45) is 5.73 Å². The van der Waals surface area contributed by atoms with Gasteiger partial charge < -0.3 is 15.8 Å². The Morgan fingerprint density at radius 3 is 2.53 bits per heavy atom. The molecule has 1 aromatic rings. The Morgan fingerprint density at radius 1 is 1.47 bits per heavy atom. The first-order valence-electron chi connectivity index (χ1n) is 6.05. The lowest BCUT2D eigenvalue weighted by Crippen LogP contribution is -2.44. The van der Waals surface area contributed by atoms with Crippen LogP contribution in [0.25, 0.3) is 0 Å². The highest BCUT2D eigenvalue weighted by molar-refractivity contribution is 5.62. The number of nitrogens with two attached hydrogens (primary N) is 1. The Balaban J connectivity index is 3.23. The molecule has 0 saturated heterocycles. The van der Waals surface area contributed by atoms with Crippen LogP contribution in [0, 0.1) is 10.1 Å². The number of hydrogen-bond donors (Lipinski definition) is 2. The first-order valence-corrected chi connectivity index (χ1v) is 6.05. The van der Waals surface area contributed by atoms with Crippen molar-refractivity contribution in [3.8, 4) is 5.88 Å². The van der Waals surface area contributed by atoms with Crippen LogP contribution in [-0.4, -0.2) is 34.1 Å². The summed E-state index contributed by atoms with van der Waals surface area (Å²) in [7, 11) is 1.33. The summed E-state index contributed by atoms with van der Waals surface area (Å²) in [6.07, 6.45) is 2.67. The minimum atomic E-state index is -0.562. The molecule has 0 aliphatic carbocycles. The summed E-state index contributed by atoms with van der Waals surface area (Å²) < 4.78 is 4.90. The van der Waals surface area contributed by atoms with E-state index in [4.69, 9.17) is 10.5 Å². The van der Waals surface area contributed by atoms with Crippen LogP contribution in [0.1, 0.15) is 26.7 Å². The van der Waals surface area contributed by atoms with Crippen LogP contribution < -0.4 is 15.8 Å². The average Bonchev–Trinajstić information content (AvgIpc) is 2.44. The third kappa shape index (κ3) is 3.08. The zero-order valence-electron chi connectivity index (χ0n) is 11.3. The highest BCUT2D eigenvalue weighted by Gasteiger charge is 2.31. The van der Waals surface area contributed by atoms with Crippen molar-refractivity contribution in [1.29, 1.82) is 0 Å². The number of aromatic nitrogens is 2. The number of ether oxygens (including phenoxy) is 1. The fourth-order valence-corrected chi connectivity index (χ4v) is 1.79. The quantitative estimate of drug-likeness (QED) is 0.566. The molecule has 3 N–H and O–H groups in total. The number of nitro groups is 1. The highest BCUT2D eigenvalue weighted by Crippen LogP contribution is 2.33. The van der Waals surface area contributed by atoms with Crippen molar-refractivity contribution in [2.45, 2.75) is 32.2 Å².